The van der Waals surface area contributed by atoms with E-state index in [1.807, 2.05) is 0 Å². The van der Waals surface area contributed by atoms with Crippen molar-refractivity contribution in [1.29, 1.82) is 0 Å². The Morgan fingerprint density at radius 3 is 2.94 bits per heavy atom. The molecule has 2 rings (SSSR count). The average Bonchev–Trinajstić information content (AvgIpc) is 2.65. The Bertz CT molecular complexity index is 528. The first-order valence-electron chi connectivity index (χ1n) is 6.15. The molecule has 0 saturated carbocycles. The molecule has 0 radical (unpaired) electrons. The summed E-state index contributed by atoms with van der Waals surface area (Å²) < 4.78 is 23.2. The van der Waals surface area contributed by atoms with Gasteiger partial charge in [-0.25, -0.2) is 8.42 Å². The second kappa shape index (κ2) is 5.72. The van der Waals surface area contributed by atoms with Crippen molar-refractivity contribution in [2.75, 3.05) is 18.6 Å². The molecule has 1 aliphatic rings. The molecule has 0 aliphatic heterocycles. The number of rotatable bonds is 5. The number of aryl methyl sites for hydroxylation is 1. The normalized spacial score (nSPS) is 18.9. The number of hydrogen-bond acceptors (Lipinski definition) is 3. The zero-order valence-electron chi connectivity index (χ0n) is 10.4. The molecule has 0 bridgehead atoms. The molecule has 0 aromatic heterocycles. The third-order valence-corrected chi connectivity index (χ3v) is 4.79. The van der Waals surface area contributed by atoms with E-state index < -0.39 is 9.84 Å². The minimum absolute atomic E-state index is 0.264. The van der Waals surface area contributed by atoms with E-state index in [2.05, 4.69) is 39.4 Å². The molecule has 1 aliphatic carbocycles. The molecular weight excluding hydrogens is 314 g/mol. The van der Waals surface area contributed by atoms with E-state index in [9.17, 15) is 8.42 Å². The smallest absolute Gasteiger partial charge is 0.147 e. The van der Waals surface area contributed by atoms with Gasteiger partial charge in [-0.2, -0.15) is 0 Å². The molecule has 18 heavy (non-hydrogen) atoms. The lowest BCUT2D eigenvalue weighted by Gasteiger charge is -2.13. The summed E-state index contributed by atoms with van der Waals surface area (Å²) >= 11 is 3.48. The van der Waals surface area contributed by atoms with Gasteiger partial charge >= 0.3 is 0 Å². The summed E-state index contributed by atoms with van der Waals surface area (Å²) in [4.78, 5) is 0. The van der Waals surface area contributed by atoms with Gasteiger partial charge in [-0.1, -0.05) is 22.0 Å². The van der Waals surface area contributed by atoms with Gasteiger partial charge in [0.25, 0.3) is 0 Å². The van der Waals surface area contributed by atoms with Crippen molar-refractivity contribution >= 4 is 25.8 Å². The van der Waals surface area contributed by atoms with Crippen LogP contribution in [0, 0.1) is 0 Å². The van der Waals surface area contributed by atoms with E-state index in [1.165, 1.54) is 17.4 Å². The highest BCUT2D eigenvalue weighted by atomic mass is 79.9. The van der Waals surface area contributed by atoms with Crippen molar-refractivity contribution in [2.24, 2.45) is 0 Å². The molecule has 1 aromatic carbocycles. The molecule has 3 nitrogen and oxygen atoms in total. The van der Waals surface area contributed by atoms with Crippen LogP contribution in [0.1, 0.15) is 30.0 Å². The molecule has 0 spiro atoms. The highest BCUT2D eigenvalue weighted by Gasteiger charge is 2.21. The van der Waals surface area contributed by atoms with Crippen LogP contribution in [-0.2, 0) is 16.3 Å². The molecule has 5 heteroatoms. The van der Waals surface area contributed by atoms with Crippen molar-refractivity contribution in [3.63, 3.8) is 0 Å². The van der Waals surface area contributed by atoms with Crippen LogP contribution in [0.25, 0.3) is 0 Å². The quantitative estimate of drug-likeness (QED) is 0.843. The Hall–Kier alpha value is -0.390. The van der Waals surface area contributed by atoms with Gasteiger partial charge in [0.1, 0.15) is 9.84 Å². The molecule has 0 amide bonds. The fourth-order valence-corrected chi connectivity index (χ4v) is 3.49. The number of benzene rings is 1. The SMILES string of the molecule is CS(=O)(=O)CCCNC1CCc2cc(Br)ccc21. The zero-order chi connectivity index (χ0) is 13.2. The Balaban J connectivity index is 1.87. The fourth-order valence-electron chi connectivity index (χ4n) is 2.41. The number of halogens is 1. The highest BCUT2D eigenvalue weighted by Crippen LogP contribution is 2.32. The van der Waals surface area contributed by atoms with Gasteiger partial charge < -0.3 is 5.32 Å². The topological polar surface area (TPSA) is 46.2 Å². The van der Waals surface area contributed by atoms with Gasteiger partial charge in [0.2, 0.25) is 0 Å². The monoisotopic (exact) mass is 331 g/mol. The molecule has 100 valence electrons. The predicted molar refractivity (Wildman–Crippen MR) is 77.5 cm³/mol. The third kappa shape index (κ3) is 3.80. The third-order valence-electron chi connectivity index (χ3n) is 3.27. The first-order valence-corrected chi connectivity index (χ1v) is 9.00. The van der Waals surface area contributed by atoms with Crippen molar-refractivity contribution < 1.29 is 8.42 Å². The molecule has 1 atom stereocenters. The molecule has 0 heterocycles. The summed E-state index contributed by atoms with van der Waals surface area (Å²) in [6.07, 6.45) is 4.17. The van der Waals surface area contributed by atoms with Crippen LogP contribution in [0.4, 0.5) is 0 Å². The van der Waals surface area contributed by atoms with Crippen LogP contribution in [-0.4, -0.2) is 27.0 Å². The Morgan fingerprint density at radius 2 is 2.22 bits per heavy atom. The highest BCUT2D eigenvalue weighted by molar-refractivity contribution is 9.10. The van der Waals surface area contributed by atoms with E-state index >= 15 is 0 Å². The standard InChI is InChI=1S/C13H18BrNO2S/c1-18(16,17)8-2-7-15-13-6-3-10-9-11(14)4-5-12(10)13/h4-5,9,13,15H,2-3,6-8H2,1H3. The second-order valence-corrected chi connectivity index (χ2v) is 8.05. The summed E-state index contributed by atoms with van der Waals surface area (Å²) in [5.74, 6) is 0.264. The minimum atomic E-state index is -2.83. The summed E-state index contributed by atoms with van der Waals surface area (Å²) in [7, 11) is -2.83. The molecule has 0 fully saturated rings. The molecule has 1 unspecified atom stereocenters. The van der Waals surface area contributed by atoms with Gasteiger partial charge in [0, 0.05) is 16.8 Å². The lowest BCUT2D eigenvalue weighted by molar-refractivity contribution is 0.526. The van der Waals surface area contributed by atoms with Gasteiger partial charge in [-0.3, -0.25) is 0 Å². The van der Waals surface area contributed by atoms with Crippen molar-refractivity contribution in [3.8, 4) is 0 Å². The fraction of sp³-hybridized carbons (Fsp3) is 0.538. The van der Waals surface area contributed by atoms with E-state index in [1.54, 1.807) is 0 Å². The maximum Gasteiger partial charge on any atom is 0.147 e. The van der Waals surface area contributed by atoms with Crippen LogP contribution in [0.15, 0.2) is 22.7 Å². The minimum Gasteiger partial charge on any atom is -0.310 e. The number of sulfone groups is 1. The predicted octanol–water partition coefficient (Wildman–Crippen LogP) is 2.46. The largest absolute Gasteiger partial charge is 0.310 e. The summed E-state index contributed by atoms with van der Waals surface area (Å²) in [5, 5.41) is 3.45. The van der Waals surface area contributed by atoms with Gasteiger partial charge in [-0.05, 0) is 49.1 Å². The van der Waals surface area contributed by atoms with Crippen LogP contribution >= 0.6 is 15.9 Å². The van der Waals surface area contributed by atoms with Crippen LogP contribution in [0.2, 0.25) is 0 Å². The summed E-state index contributed by atoms with van der Waals surface area (Å²) in [6.45, 7) is 0.757. The van der Waals surface area contributed by atoms with E-state index in [0.29, 0.717) is 12.5 Å². The molecule has 0 saturated heterocycles. The molecule has 1 aromatic rings. The van der Waals surface area contributed by atoms with Crippen LogP contribution < -0.4 is 5.32 Å². The van der Waals surface area contributed by atoms with E-state index in [0.717, 1.165) is 23.9 Å². The second-order valence-electron chi connectivity index (χ2n) is 4.87. The van der Waals surface area contributed by atoms with Gasteiger partial charge in [0.05, 0.1) is 5.75 Å². The van der Waals surface area contributed by atoms with Crippen molar-refractivity contribution in [2.45, 2.75) is 25.3 Å². The summed E-state index contributed by atoms with van der Waals surface area (Å²) in [5.41, 5.74) is 2.75. The molecule has 1 N–H and O–H groups in total. The number of fused-ring (bicyclic) bond motifs is 1. The first-order chi connectivity index (χ1) is 8.46. The maximum atomic E-state index is 11.0. The van der Waals surface area contributed by atoms with Crippen molar-refractivity contribution in [1.82, 2.24) is 5.32 Å². The van der Waals surface area contributed by atoms with E-state index in [-0.39, 0.29) is 5.75 Å². The molecular formula is C13H18BrNO2S. The number of hydrogen-bond donors (Lipinski definition) is 1. The number of nitrogens with one attached hydrogen (secondary N) is 1. The lowest BCUT2D eigenvalue weighted by atomic mass is 10.1. The Kier molecular flexibility index (Phi) is 4.45. The van der Waals surface area contributed by atoms with Crippen LogP contribution in [0.5, 0.6) is 0 Å². The summed E-state index contributed by atoms with van der Waals surface area (Å²) in [6, 6.07) is 6.77. The van der Waals surface area contributed by atoms with Gasteiger partial charge in [-0.15, -0.1) is 0 Å². The lowest BCUT2D eigenvalue weighted by Crippen LogP contribution is -2.22. The van der Waals surface area contributed by atoms with E-state index in [4.69, 9.17) is 0 Å². The van der Waals surface area contributed by atoms with Gasteiger partial charge in [0.15, 0.2) is 0 Å². The van der Waals surface area contributed by atoms with Crippen LogP contribution in [0.3, 0.4) is 0 Å². The maximum absolute atomic E-state index is 11.0. The Morgan fingerprint density at radius 1 is 1.44 bits per heavy atom. The average molecular weight is 332 g/mol. The first kappa shape index (κ1) is 14.0. The van der Waals surface area contributed by atoms with Crippen molar-refractivity contribution in [3.05, 3.63) is 33.8 Å². The Labute approximate surface area is 117 Å². The zero-order valence-corrected chi connectivity index (χ0v) is 12.9.